The first-order valence-electron chi connectivity index (χ1n) is 7.77. The Labute approximate surface area is 111 Å². The van der Waals surface area contributed by atoms with E-state index in [1.165, 1.54) is 44.9 Å². The Hall–Kier alpha value is -0.570. The van der Waals surface area contributed by atoms with E-state index in [0.29, 0.717) is 6.04 Å². The van der Waals surface area contributed by atoms with E-state index < -0.39 is 0 Å². The van der Waals surface area contributed by atoms with Gasteiger partial charge in [-0.05, 0) is 31.7 Å². The van der Waals surface area contributed by atoms with Gasteiger partial charge in [0.2, 0.25) is 5.91 Å². The third kappa shape index (κ3) is 4.27. The first kappa shape index (κ1) is 13.9. The molecule has 1 saturated heterocycles. The number of carbonyl (C=O) groups excluding carboxylic acids is 1. The largest absolute Gasteiger partial charge is 0.354 e. The predicted octanol–water partition coefficient (Wildman–Crippen LogP) is 2.46. The van der Waals surface area contributed by atoms with Gasteiger partial charge in [-0.15, -0.1) is 0 Å². The summed E-state index contributed by atoms with van der Waals surface area (Å²) in [6.45, 7) is 4.01. The van der Waals surface area contributed by atoms with Crippen LogP contribution in [0.5, 0.6) is 0 Å². The van der Waals surface area contributed by atoms with Crippen molar-refractivity contribution < 1.29 is 4.79 Å². The molecule has 3 nitrogen and oxygen atoms in total. The SMILES string of the molecule is CC(CC1CCCCC1)C(=O)NCC1CCCN1. The number of rotatable bonds is 5. The Morgan fingerprint density at radius 3 is 2.67 bits per heavy atom. The highest BCUT2D eigenvalue weighted by atomic mass is 16.1. The molecule has 2 rings (SSSR count). The lowest BCUT2D eigenvalue weighted by Crippen LogP contribution is -2.39. The molecule has 0 spiro atoms. The highest BCUT2D eigenvalue weighted by Gasteiger charge is 2.22. The maximum Gasteiger partial charge on any atom is 0.222 e. The first-order valence-corrected chi connectivity index (χ1v) is 7.77. The van der Waals surface area contributed by atoms with Crippen LogP contribution in [0.3, 0.4) is 0 Å². The summed E-state index contributed by atoms with van der Waals surface area (Å²) in [7, 11) is 0. The number of nitrogens with one attached hydrogen (secondary N) is 2. The van der Waals surface area contributed by atoms with Crippen molar-refractivity contribution in [2.45, 2.75) is 64.3 Å². The number of hydrogen-bond acceptors (Lipinski definition) is 2. The summed E-state index contributed by atoms with van der Waals surface area (Å²) >= 11 is 0. The highest BCUT2D eigenvalue weighted by molar-refractivity contribution is 5.78. The third-order valence-corrected chi connectivity index (χ3v) is 4.54. The van der Waals surface area contributed by atoms with Gasteiger partial charge in [0.05, 0.1) is 0 Å². The van der Waals surface area contributed by atoms with Crippen molar-refractivity contribution in [3.63, 3.8) is 0 Å². The summed E-state index contributed by atoms with van der Waals surface area (Å²) in [5, 5.41) is 6.53. The van der Waals surface area contributed by atoms with Crippen LogP contribution in [-0.4, -0.2) is 25.0 Å². The molecule has 1 aliphatic carbocycles. The Morgan fingerprint density at radius 1 is 1.22 bits per heavy atom. The van der Waals surface area contributed by atoms with E-state index >= 15 is 0 Å². The molecule has 18 heavy (non-hydrogen) atoms. The molecule has 3 heteroatoms. The molecular weight excluding hydrogens is 224 g/mol. The van der Waals surface area contributed by atoms with Gasteiger partial charge in [0, 0.05) is 18.5 Å². The number of carbonyl (C=O) groups is 1. The minimum absolute atomic E-state index is 0.189. The molecule has 2 aliphatic rings. The number of hydrogen-bond donors (Lipinski definition) is 2. The standard InChI is InChI=1S/C15H28N2O/c1-12(10-13-6-3-2-4-7-13)15(18)17-11-14-8-5-9-16-14/h12-14,16H,2-11H2,1H3,(H,17,18). The van der Waals surface area contributed by atoms with Crippen molar-refractivity contribution in [2.24, 2.45) is 11.8 Å². The fourth-order valence-corrected chi connectivity index (χ4v) is 3.36. The van der Waals surface area contributed by atoms with Crippen LogP contribution in [0.1, 0.15) is 58.3 Å². The van der Waals surface area contributed by atoms with Crippen molar-refractivity contribution in [1.82, 2.24) is 10.6 Å². The van der Waals surface area contributed by atoms with Crippen molar-refractivity contribution in [3.8, 4) is 0 Å². The normalized spacial score (nSPS) is 27.1. The number of amides is 1. The van der Waals surface area contributed by atoms with Crippen molar-refractivity contribution in [3.05, 3.63) is 0 Å². The van der Waals surface area contributed by atoms with Crippen LogP contribution in [-0.2, 0) is 4.79 Å². The molecule has 1 aliphatic heterocycles. The van der Waals surface area contributed by atoms with Crippen LogP contribution in [0, 0.1) is 11.8 Å². The fraction of sp³-hybridized carbons (Fsp3) is 0.933. The zero-order valence-corrected chi connectivity index (χ0v) is 11.7. The third-order valence-electron chi connectivity index (χ3n) is 4.54. The summed E-state index contributed by atoms with van der Waals surface area (Å²) in [5.41, 5.74) is 0. The minimum Gasteiger partial charge on any atom is -0.354 e. The topological polar surface area (TPSA) is 41.1 Å². The van der Waals surface area contributed by atoms with E-state index in [2.05, 4.69) is 17.6 Å². The Bertz CT molecular complexity index is 255. The first-order chi connectivity index (χ1) is 8.75. The summed E-state index contributed by atoms with van der Waals surface area (Å²) in [6.07, 6.45) is 10.3. The Morgan fingerprint density at radius 2 is 2.00 bits per heavy atom. The summed E-state index contributed by atoms with van der Waals surface area (Å²) in [6, 6.07) is 0.510. The van der Waals surface area contributed by atoms with E-state index in [4.69, 9.17) is 0 Å². The van der Waals surface area contributed by atoms with E-state index in [1.54, 1.807) is 0 Å². The van der Waals surface area contributed by atoms with Crippen LogP contribution < -0.4 is 10.6 Å². The van der Waals surface area contributed by atoms with Gasteiger partial charge < -0.3 is 10.6 Å². The van der Waals surface area contributed by atoms with Crippen LogP contribution in [0.15, 0.2) is 0 Å². The molecule has 0 aromatic rings. The summed E-state index contributed by atoms with van der Waals surface area (Å²) < 4.78 is 0. The van der Waals surface area contributed by atoms with Gasteiger partial charge in [0.25, 0.3) is 0 Å². The van der Waals surface area contributed by atoms with E-state index in [0.717, 1.165) is 25.4 Å². The highest BCUT2D eigenvalue weighted by Crippen LogP contribution is 2.28. The van der Waals surface area contributed by atoms with Crippen LogP contribution in [0.2, 0.25) is 0 Å². The maximum atomic E-state index is 12.0. The van der Waals surface area contributed by atoms with E-state index in [1.807, 2.05) is 0 Å². The average molecular weight is 252 g/mol. The lowest BCUT2D eigenvalue weighted by molar-refractivity contribution is -0.125. The minimum atomic E-state index is 0.189. The molecule has 2 fully saturated rings. The van der Waals surface area contributed by atoms with Gasteiger partial charge in [-0.2, -0.15) is 0 Å². The van der Waals surface area contributed by atoms with Crippen molar-refractivity contribution >= 4 is 5.91 Å². The maximum absolute atomic E-state index is 12.0. The molecule has 2 N–H and O–H groups in total. The monoisotopic (exact) mass is 252 g/mol. The fourth-order valence-electron chi connectivity index (χ4n) is 3.36. The van der Waals surface area contributed by atoms with Gasteiger partial charge in [0.15, 0.2) is 0 Å². The quantitative estimate of drug-likeness (QED) is 0.789. The van der Waals surface area contributed by atoms with Gasteiger partial charge in [-0.25, -0.2) is 0 Å². The molecule has 1 heterocycles. The Balaban J connectivity index is 1.63. The van der Waals surface area contributed by atoms with E-state index in [-0.39, 0.29) is 11.8 Å². The lowest BCUT2D eigenvalue weighted by Gasteiger charge is -2.24. The molecule has 0 radical (unpaired) electrons. The molecule has 2 atom stereocenters. The van der Waals surface area contributed by atoms with Crippen LogP contribution in [0.25, 0.3) is 0 Å². The predicted molar refractivity (Wildman–Crippen MR) is 74.4 cm³/mol. The van der Waals surface area contributed by atoms with Crippen molar-refractivity contribution in [1.29, 1.82) is 0 Å². The molecular formula is C15H28N2O. The molecule has 0 aromatic carbocycles. The molecule has 1 amide bonds. The van der Waals surface area contributed by atoms with Crippen LogP contribution >= 0.6 is 0 Å². The second kappa shape index (κ2) is 7.13. The second-order valence-electron chi connectivity index (χ2n) is 6.18. The second-order valence-corrected chi connectivity index (χ2v) is 6.18. The lowest BCUT2D eigenvalue weighted by atomic mass is 9.83. The van der Waals surface area contributed by atoms with Gasteiger partial charge in [-0.3, -0.25) is 4.79 Å². The summed E-state index contributed by atoms with van der Waals surface area (Å²) in [4.78, 5) is 12.0. The van der Waals surface area contributed by atoms with Crippen molar-refractivity contribution in [2.75, 3.05) is 13.1 Å². The Kier molecular flexibility index (Phi) is 5.48. The van der Waals surface area contributed by atoms with Gasteiger partial charge in [0.1, 0.15) is 0 Å². The van der Waals surface area contributed by atoms with E-state index in [9.17, 15) is 4.79 Å². The zero-order valence-electron chi connectivity index (χ0n) is 11.7. The molecule has 104 valence electrons. The van der Waals surface area contributed by atoms with Gasteiger partial charge in [-0.1, -0.05) is 39.0 Å². The van der Waals surface area contributed by atoms with Crippen LogP contribution in [0.4, 0.5) is 0 Å². The molecule has 0 bridgehead atoms. The summed E-state index contributed by atoms with van der Waals surface area (Å²) in [5.74, 6) is 1.24. The molecule has 1 saturated carbocycles. The smallest absolute Gasteiger partial charge is 0.222 e. The zero-order chi connectivity index (χ0) is 12.8. The molecule has 2 unspecified atom stereocenters. The average Bonchev–Trinajstić information content (AvgIpc) is 2.90. The molecule has 0 aromatic heterocycles. The van der Waals surface area contributed by atoms with Gasteiger partial charge >= 0.3 is 0 Å².